The molecule has 0 saturated heterocycles. The van der Waals surface area contributed by atoms with E-state index in [4.69, 9.17) is 9.47 Å². The summed E-state index contributed by atoms with van der Waals surface area (Å²) in [5, 5.41) is 18.4. The first kappa shape index (κ1) is 19.9. The minimum Gasteiger partial charge on any atom is -0.497 e. The molecular weight excluding hydrogens is 396 g/mol. The monoisotopic (exact) mass is 416 g/mol. The third kappa shape index (κ3) is 5.36. The number of carbonyl (C=O) groups excluding carboxylic acids is 1. The number of aromatic nitrogens is 4. The average molecular weight is 416 g/mol. The van der Waals surface area contributed by atoms with Gasteiger partial charge in [-0.3, -0.25) is 4.79 Å². The molecule has 0 atom stereocenters. The van der Waals surface area contributed by atoms with Crippen molar-refractivity contribution in [3.05, 3.63) is 79.1 Å². The van der Waals surface area contributed by atoms with Gasteiger partial charge in [0.05, 0.1) is 7.11 Å². The number of rotatable bonds is 8. The Morgan fingerprint density at radius 3 is 2.48 bits per heavy atom. The number of amides is 1. The molecule has 0 aliphatic carbocycles. The van der Waals surface area contributed by atoms with E-state index in [1.165, 1.54) is 0 Å². The number of hydrogen-bond donors (Lipinski definition) is 2. The fourth-order valence-corrected chi connectivity index (χ4v) is 2.74. The van der Waals surface area contributed by atoms with E-state index >= 15 is 0 Å². The van der Waals surface area contributed by atoms with Gasteiger partial charge in [-0.15, -0.1) is 10.2 Å². The maximum Gasteiger partial charge on any atom is 0.262 e. The van der Waals surface area contributed by atoms with Gasteiger partial charge in [0.15, 0.2) is 18.2 Å². The van der Waals surface area contributed by atoms with E-state index < -0.39 is 0 Å². The van der Waals surface area contributed by atoms with Crippen LogP contribution >= 0.6 is 0 Å². The molecule has 0 fully saturated rings. The van der Waals surface area contributed by atoms with E-state index in [-0.39, 0.29) is 12.5 Å². The lowest BCUT2D eigenvalue weighted by Crippen LogP contribution is -2.20. The van der Waals surface area contributed by atoms with E-state index in [1.54, 1.807) is 54.5 Å². The molecule has 2 N–H and O–H groups in total. The zero-order valence-electron chi connectivity index (χ0n) is 16.7. The maximum atomic E-state index is 12.1. The van der Waals surface area contributed by atoms with Crippen molar-refractivity contribution < 1.29 is 14.3 Å². The van der Waals surface area contributed by atoms with Crippen molar-refractivity contribution in [1.82, 2.24) is 20.0 Å². The maximum absolute atomic E-state index is 12.1. The summed E-state index contributed by atoms with van der Waals surface area (Å²) >= 11 is 0. The van der Waals surface area contributed by atoms with E-state index in [0.29, 0.717) is 28.8 Å². The topological polar surface area (TPSA) is 103 Å². The Hall–Kier alpha value is -4.40. The minimum atomic E-state index is -0.261. The molecule has 0 bridgehead atoms. The third-order valence-electron chi connectivity index (χ3n) is 4.24. The van der Waals surface area contributed by atoms with Crippen molar-refractivity contribution in [3.63, 3.8) is 0 Å². The van der Waals surface area contributed by atoms with Crippen LogP contribution in [0.1, 0.15) is 0 Å². The van der Waals surface area contributed by atoms with Gasteiger partial charge >= 0.3 is 0 Å². The molecule has 0 spiro atoms. The standard InChI is InChI=1S/C22H20N6O3/c1-30-18-4-2-5-19(14-18)31-15-22(29)25-17-8-6-16(7-9-17)24-20-10-11-21(27-26-20)28-13-3-12-23-28/h2-14H,15H2,1H3,(H,24,26)(H,25,29). The fraction of sp³-hybridized carbons (Fsp3) is 0.0909. The highest BCUT2D eigenvalue weighted by Crippen LogP contribution is 2.20. The van der Waals surface area contributed by atoms with Crippen LogP contribution in [0.5, 0.6) is 11.5 Å². The summed E-state index contributed by atoms with van der Waals surface area (Å²) < 4.78 is 12.3. The Bertz CT molecular complexity index is 1130. The summed E-state index contributed by atoms with van der Waals surface area (Å²) in [6.45, 7) is -0.106. The van der Waals surface area contributed by atoms with Crippen LogP contribution in [0.15, 0.2) is 79.1 Å². The van der Waals surface area contributed by atoms with Gasteiger partial charge < -0.3 is 20.1 Å². The van der Waals surface area contributed by atoms with Gasteiger partial charge in [0.25, 0.3) is 5.91 Å². The van der Waals surface area contributed by atoms with Gasteiger partial charge in [0, 0.05) is 29.8 Å². The summed E-state index contributed by atoms with van der Waals surface area (Å²) in [6.07, 6.45) is 3.48. The van der Waals surface area contributed by atoms with Gasteiger partial charge in [-0.25, -0.2) is 4.68 Å². The number of benzene rings is 2. The van der Waals surface area contributed by atoms with Crippen molar-refractivity contribution >= 4 is 23.1 Å². The Balaban J connectivity index is 1.29. The first-order valence-electron chi connectivity index (χ1n) is 9.47. The molecule has 2 aromatic heterocycles. The first-order valence-corrected chi connectivity index (χ1v) is 9.47. The molecule has 0 aliphatic rings. The van der Waals surface area contributed by atoms with Crippen molar-refractivity contribution in [2.75, 3.05) is 24.4 Å². The molecule has 1 amide bonds. The molecule has 4 aromatic rings. The number of nitrogens with zero attached hydrogens (tertiary/aromatic N) is 4. The van der Waals surface area contributed by atoms with E-state index in [9.17, 15) is 4.79 Å². The smallest absolute Gasteiger partial charge is 0.262 e. The summed E-state index contributed by atoms with van der Waals surface area (Å²) in [5.41, 5.74) is 1.47. The van der Waals surface area contributed by atoms with Crippen LogP contribution in [0.25, 0.3) is 5.82 Å². The zero-order valence-corrected chi connectivity index (χ0v) is 16.7. The highest BCUT2D eigenvalue weighted by atomic mass is 16.5. The van der Waals surface area contributed by atoms with E-state index in [0.717, 1.165) is 5.69 Å². The molecule has 9 nitrogen and oxygen atoms in total. The number of carbonyl (C=O) groups is 1. The Labute approximate surface area is 178 Å². The fourth-order valence-electron chi connectivity index (χ4n) is 2.74. The van der Waals surface area contributed by atoms with Crippen LogP contribution in [0.2, 0.25) is 0 Å². The largest absolute Gasteiger partial charge is 0.497 e. The highest BCUT2D eigenvalue weighted by molar-refractivity contribution is 5.92. The number of methoxy groups -OCH3 is 1. The average Bonchev–Trinajstić information content (AvgIpc) is 3.35. The molecule has 0 saturated carbocycles. The number of nitrogens with one attached hydrogen (secondary N) is 2. The summed E-state index contributed by atoms with van der Waals surface area (Å²) in [4.78, 5) is 12.1. The summed E-state index contributed by atoms with van der Waals surface area (Å²) in [6, 6.07) is 19.8. The van der Waals surface area contributed by atoms with Gasteiger partial charge in [-0.2, -0.15) is 5.10 Å². The Morgan fingerprint density at radius 2 is 1.77 bits per heavy atom. The predicted octanol–water partition coefficient (Wildman–Crippen LogP) is 3.43. The van der Waals surface area contributed by atoms with E-state index in [1.807, 2.05) is 36.4 Å². The molecular formula is C22H20N6O3. The second-order valence-corrected chi connectivity index (χ2v) is 6.45. The third-order valence-corrected chi connectivity index (χ3v) is 4.24. The van der Waals surface area contributed by atoms with Crippen LogP contribution < -0.4 is 20.1 Å². The Morgan fingerprint density at radius 1 is 0.968 bits per heavy atom. The lowest BCUT2D eigenvalue weighted by atomic mass is 10.2. The molecule has 9 heteroatoms. The normalized spacial score (nSPS) is 10.4. The lowest BCUT2D eigenvalue weighted by Gasteiger charge is -2.10. The van der Waals surface area contributed by atoms with Crippen LogP contribution in [0, 0.1) is 0 Å². The second-order valence-electron chi connectivity index (χ2n) is 6.45. The summed E-state index contributed by atoms with van der Waals surface area (Å²) in [5.74, 6) is 2.20. The number of anilines is 3. The quantitative estimate of drug-likeness (QED) is 0.454. The van der Waals surface area contributed by atoms with Crippen molar-refractivity contribution in [3.8, 4) is 17.3 Å². The molecule has 0 unspecified atom stereocenters. The molecule has 31 heavy (non-hydrogen) atoms. The van der Waals surface area contributed by atoms with Crippen LogP contribution in [0.3, 0.4) is 0 Å². The zero-order chi connectivity index (χ0) is 21.5. The lowest BCUT2D eigenvalue weighted by molar-refractivity contribution is -0.118. The van der Waals surface area contributed by atoms with Crippen molar-refractivity contribution in [2.24, 2.45) is 0 Å². The van der Waals surface area contributed by atoms with Crippen LogP contribution in [0.4, 0.5) is 17.2 Å². The molecule has 2 heterocycles. The molecule has 4 rings (SSSR count). The Kier molecular flexibility index (Phi) is 6.03. The van der Waals surface area contributed by atoms with Crippen molar-refractivity contribution in [1.29, 1.82) is 0 Å². The predicted molar refractivity (Wildman–Crippen MR) is 116 cm³/mol. The molecule has 0 aliphatic heterocycles. The van der Waals surface area contributed by atoms with E-state index in [2.05, 4.69) is 25.9 Å². The SMILES string of the molecule is COc1cccc(OCC(=O)Nc2ccc(Nc3ccc(-n4cccn4)nn3)cc2)c1. The summed E-state index contributed by atoms with van der Waals surface area (Å²) in [7, 11) is 1.58. The second kappa shape index (κ2) is 9.40. The highest BCUT2D eigenvalue weighted by Gasteiger charge is 2.06. The van der Waals surface area contributed by atoms with Gasteiger partial charge in [-0.05, 0) is 54.6 Å². The van der Waals surface area contributed by atoms with Crippen LogP contribution in [-0.4, -0.2) is 39.6 Å². The minimum absolute atomic E-state index is 0.106. The molecule has 0 radical (unpaired) electrons. The molecule has 156 valence electrons. The first-order chi connectivity index (χ1) is 15.2. The number of hydrogen-bond acceptors (Lipinski definition) is 7. The van der Waals surface area contributed by atoms with Gasteiger partial charge in [-0.1, -0.05) is 6.07 Å². The van der Waals surface area contributed by atoms with Gasteiger partial charge in [0.2, 0.25) is 0 Å². The van der Waals surface area contributed by atoms with Crippen molar-refractivity contribution in [2.45, 2.75) is 0 Å². The molecule has 2 aromatic carbocycles. The number of ether oxygens (including phenoxy) is 2. The van der Waals surface area contributed by atoms with Gasteiger partial charge in [0.1, 0.15) is 11.5 Å². The van der Waals surface area contributed by atoms with Crippen LogP contribution in [-0.2, 0) is 4.79 Å².